The van der Waals surface area contributed by atoms with E-state index in [9.17, 15) is 33.3 Å². The van der Waals surface area contributed by atoms with Crippen molar-refractivity contribution >= 4 is 45.1 Å². The molecule has 1 fully saturated rings. The van der Waals surface area contributed by atoms with E-state index in [0.717, 1.165) is 0 Å². The molecule has 15 heteroatoms. The van der Waals surface area contributed by atoms with E-state index < -0.39 is 22.3 Å². The number of amides is 3. The molecule has 186 valence electrons. The predicted octanol–water partition coefficient (Wildman–Crippen LogP) is 0.796. The van der Waals surface area contributed by atoms with E-state index in [4.69, 9.17) is 0 Å². The number of imide groups is 1. The molecule has 0 spiro atoms. The molecule has 0 radical (unpaired) electrons. The van der Waals surface area contributed by atoms with Crippen LogP contribution in [-0.2, 0) is 36.9 Å². The lowest BCUT2D eigenvalue weighted by Gasteiger charge is -2.30. The molecule has 12 nitrogen and oxygen atoms in total. The molecule has 1 aliphatic rings. The molecule has 3 unspecified atom stereocenters. The fraction of sp³-hybridized carbons (Fsp3) is 0.824. The van der Waals surface area contributed by atoms with Crippen molar-refractivity contribution in [3.8, 4) is 0 Å². The Hall–Kier alpha value is -0.780. The van der Waals surface area contributed by atoms with Crippen LogP contribution >= 0.6 is 27.4 Å². The summed E-state index contributed by atoms with van der Waals surface area (Å²) in [5.74, 6) is -0.840. The monoisotopic (exact) mass is 516 g/mol. The van der Waals surface area contributed by atoms with E-state index in [2.05, 4.69) is 18.7 Å². The van der Waals surface area contributed by atoms with Crippen molar-refractivity contribution in [3.63, 3.8) is 0 Å². The van der Waals surface area contributed by atoms with Gasteiger partial charge in [0.15, 0.2) is 0 Å². The van der Waals surface area contributed by atoms with Gasteiger partial charge in [0.25, 0.3) is 15.6 Å². The van der Waals surface area contributed by atoms with Crippen molar-refractivity contribution in [2.45, 2.75) is 51.2 Å². The van der Waals surface area contributed by atoms with E-state index in [0.29, 0.717) is 25.8 Å². The molecule has 32 heavy (non-hydrogen) atoms. The summed E-state index contributed by atoms with van der Waals surface area (Å²) in [5, 5.41) is 2.13. The van der Waals surface area contributed by atoms with Crippen LogP contribution in [0.5, 0.6) is 0 Å². The van der Waals surface area contributed by atoms with E-state index in [-0.39, 0.29) is 54.9 Å². The maximum Gasteiger partial charge on any atom is 0.274 e. The predicted molar refractivity (Wildman–Crippen MR) is 113 cm³/mol. The number of nitrogens with one attached hydrogen (secondary N) is 1. The van der Waals surface area contributed by atoms with Gasteiger partial charge in [0.1, 0.15) is 0 Å². The molecule has 0 aromatic rings. The van der Waals surface area contributed by atoms with Crippen LogP contribution in [0.3, 0.4) is 0 Å². The highest BCUT2D eigenvalue weighted by atomic mass is 32.2. The molecule has 0 aliphatic carbocycles. The van der Waals surface area contributed by atoms with Crippen molar-refractivity contribution in [1.29, 1.82) is 0 Å². The molecule has 3 amide bonds. The number of likely N-dealkylation sites (tertiary alicyclic amines) is 1. The van der Waals surface area contributed by atoms with Gasteiger partial charge in [-0.3, -0.25) is 28.4 Å². The number of hydrogen-bond donors (Lipinski definition) is 1. The van der Waals surface area contributed by atoms with Crippen LogP contribution < -0.4 is 15.1 Å². The Bertz CT molecular complexity index is 751. The van der Waals surface area contributed by atoms with Gasteiger partial charge in [-0.2, -0.15) is 11.8 Å². The fourth-order valence-electron chi connectivity index (χ4n) is 2.65. The summed E-state index contributed by atoms with van der Waals surface area (Å²) >= 11 is 1.36. The van der Waals surface area contributed by atoms with Crippen LogP contribution in [0.2, 0.25) is 0 Å². The molecule has 3 atom stereocenters. The average Bonchev–Trinajstić information content (AvgIpc) is 2.96. The molecule has 0 saturated carbocycles. The number of rotatable bonds is 16. The molecule has 0 aromatic carbocycles. The zero-order valence-corrected chi connectivity index (χ0v) is 21.0. The maximum atomic E-state index is 12.0. The van der Waals surface area contributed by atoms with Gasteiger partial charge in [-0.15, -0.1) is 0 Å². The molecule has 1 N–H and O–H groups in total. The Labute approximate surface area is 192 Å². The summed E-state index contributed by atoms with van der Waals surface area (Å²) in [4.78, 5) is 59.8. The number of carbonyl (C=O) groups is 3. The largest absolute Gasteiger partial charge is 0.756 e. The summed E-state index contributed by atoms with van der Waals surface area (Å²) in [7, 11) is -10.2. The van der Waals surface area contributed by atoms with Crippen LogP contribution in [0, 0.1) is 5.92 Å². The van der Waals surface area contributed by atoms with Crippen LogP contribution in [0.25, 0.3) is 0 Å². The first-order valence-electron chi connectivity index (χ1n) is 10.1. The molecule has 1 aliphatic heterocycles. The smallest absolute Gasteiger partial charge is 0.274 e. The van der Waals surface area contributed by atoms with E-state index >= 15 is 0 Å². The SMILES string of the molecule is CSC1CC(=O)N(CCCCCC(=O)NCCOP(=O)([O-])OP(=O)([O-])OCC(C)C)C1=O. The highest BCUT2D eigenvalue weighted by Gasteiger charge is 2.37. The highest BCUT2D eigenvalue weighted by Crippen LogP contribution is 2.55. The van der Waals surface area contributed by atoms with Crippen molar-refractivity contribution in [2.24, 2.45) is 5.92 Å². The number of thioether (sulfide) groups is 1. The molecular formula is C17H30N2O10P2S-2. The third-order valence-electron chi connectivity index (χ3n) is 4.21. The fourth-order valence-corrected chi connectivity index (χ4v) is 5.44. The number of hydrogen-bond acceptors (Lipinski definition) is 11. The summed E-state index contributed by atoms with van der Waals surface area (Å²) in [6.07, 6.45) is 3.91. The lowest BCUT2D eigenvalue weighted by atomic mass is 10.2. The van der Waals surface area contributed by atoms with E-state index in [1.807, 2.05) is 0 Å². The van der Waals surface area contributed by atoms with Crippen LogP contribution in [0.1, 0.15) is 46.0 Å². The lowest BCUT2D eigenvalue weighted by molar-refractivity contribution is -0.244. The zero-order valence-electron chi connectivity index (χ0n) is 18.4. The maximum absolute atomic E-state index is 12.0. The minimum absolute atomic E-state index is 0.152. The zero-order chi connectivity index (χ0) is 24.4. The Balaban J connectivity index is 2.16. The Morgan fingerprint density at radius 3 is 2.44 bits per heavy atom. The highest BCUT2D eigenvalue weighted by molar-refractivity contribution is 8.00. The van der Waals surface area contributed by atoms with Gasteiger partial charge < -0.3 is 24.2 Å². The van der Waals surface area contributed by atoms with Gasteiger partial charge in [0, 0.05) is 25.9 Å². The number of nitrogens with zero attached hydrogens (tertiary/aromatic N) is 1. The third kappa shape index (κ3) is 11.4. The minimum atomic E-state index is -5.15. The molecule has 0 aromatic heterocycles. The molecular weight excluding hydrogens is 486 g/mol. The van der Waals surface area contributed by atoms with Gasteiger partial charge in [0.2, 0.25) is 17.7 Å². The van der Waals surface area contributed by atoms with Gasteiger partial charge in [0.05, 0.1) is 18.5 Å². The van der Waals surface area contributed by atoms with Crippen LogP contribution in [0.4, 0.5) is 0 Å². The second-order valence-electron chi connectivity index (χ2n) is 7.47. The van der Waals surface area contributed by atoms with E-state index in [1.54, 1.807) is 20.1 Å². The molecule has 1 saturated heterocycles. The number of phosphoric acid groups is 2. The minimum Gasteiger partial charge on any atom is -0.756 e. The second-order valence-corrected chi connectivity index (χ2v) is 11.5. The van der Waals surface area contributed by atoms with Crippen molar-refractivity contribution in [1.82, 2.24) is 10.2 Å². The number of phosphoric ester groups is 2. The number of unbranched alkanes of at least 4 members (excludes halogenated alkanes) is 2. The lowest BCUT2D eigenvalue weighted by Crippen LogP contribution is -2.32. The van der Waals surface area contributed by atoms with Crippen molar-refractivity contribution in [3.05, 3.63) is 0 Å². The third-order valence-corrected chi connectivity index (χ3v) is 7.71. The second kappa shape index (κ2) is 13.8. The number of carbonyl (C=O) groups excluding carboxylic acids is 3. The first kappa shape index (κ1) is 29.3. The van der Waals surface area contributed by atoms with Gasteiger partial charge in [-0.25, -0.2) is 4.31 Å². The Morgan fingerprint density at radius 2 is 1.84 bits per heavy atom. The van der Waals surface area contributed by atoms with Gasteiger partial charge in [-0.1, -0.05) is 20.3 Å². The summed E-state index contributed by atoms with van der Waals surface area (Å²) in [5.41, 5.74) is 0. The standard InChI is InChI=1S/C17H32N2O10P2S/c1-13(2)12-28-31(25,26)29-30(23,24)27-10-8-18-15(20)7-5-4-6-9-19-16(21)11-14(32-3)17(19)22/h13-14H,4-12H2,1-3H3,(H,18,20)(H,23,24)(H,25,26)/p-2. The quantitative estimate of drug-likeness (QED) is 0.174. The summed E-state index contributed by atoms with van der Waals surface area (Å²) in [6.45, 7) is 2.76. The first-order chi connectivity index (χ1) is 14.9. The first-order valence-corrected chi connectivity index (χ1v) is 14.3. The average molecular weight is 516 g/mol. The van der Waals surface area contributed by atoms with Gasteiger partial charge in [-0.05, 0) is 25.0 Å². The van der Waals surface area contributed by atoms with Crippen molar-refractivity contribution < 1.29 is 46.7 Å². The van der Waals surface area contributed by atoms with Crippen molar-refractivity contribution in [2.75, 3.05) is 32.6 Å². The Morgan fingerprint density at radius 1 is 1.19 bits per heavy atom. The Kier molecular flexibility index (Phi) is 12.6. The van der Waals surface area contributed by atoms with Crippen LogP contribution in [0.15, 0.2) is 0 Å². The normalized spacial score (nSPS) is 20.4. The summed E-state index contributed by atoms with van der Waals surface area (Å²) < 4.78 is 35.7. The topological polar surface area (TPSA) is 174 Å². The summed E-state index contributed by atoms with van der Waals surface area (Å²) in [6, 6.07) is 0. The van der Waals surface area contributed by atoms with Gasteiger partial charge >= 0.3 is 0 Å². The van der Waals surface area contributed by atoms with E-state index in [1.165, 1.54) is 16.7 Å². The molecule has 0 bridgehead atoms. The molecule has 1 heterocycles. The van der Waals surface area contributed by atoms with Crippen LogP contribution in [-0.4, -0.2) is 60.4 Å². The molecule has 1 rings (SSSR count).